The van der Waals surface area contributed by atoms with Crippen LogP contribution in [-0.2, 0) is 0 Å². The number of hydrogen-bond acceptors (Lipinski definition) is 2. The third-order valence-corrected chi connectivity index (χ3v) is 2.05. The van der Waals surface area contributed by atoms with E-state index < -0.39 is 0 Å². The predicted octanol–water partition coefficient (Wildman–Crippen LogP) is 2.60. The maximum atomic E-state index is 11.2. The monoisotopic (exact) mass is 233 g/mol. The average Bonchev–Trinajstić information content (AvgIpc) is 2.17. The van der Waals surface area contributed by atoms with Crippen LogP contribution in [0.25, 0.3) is 0 Å². The van der Waals surface area contributed by atoms with Crippen molar-refractivity contribution >= 4 is 35.5 Å². The van der Waals surface area contributed by atoms with Crippen molar-refractivity contribution in [2.24, 2.45) is 0 Å². The van der Waals surface area contributed by atoms with Crippen molar-refractivity contribution in [3.8, 4) is 0 Å². The first-order valence-corrected chi connectivity index (χ1v) is 4.55. The number of carbonyl (C=O) groups excluding carboxylic acids is 1. The zero-order valence-electron chi connectivity index (χ0n) is 8.16. The zero-order valence-corrected chi connectivity index (χ0v) is 9.73. The van der Waals surface area contributed by atoms with Gasteiger partial charge in [0.05, 0.1) is 5.88 Å². The Labute approximate surface area is 95.3 Å². The van der Waals surface area contributed by atoms with Gasteiger partial charge in [0, 0.05) is 25.3 Å². The van der Waals surface area contributed by atoms with Crippen molar-refractivity contribution < 1.29 is 4.79 Å². The molecule has 4 heteroatoms. The van der Waals surface area contributed by atoms with Crippen molar-refractivity contribution in [1.82, 2.24) is 0 Å². The molecule has 14 heavy (non-hydrogen) atoms. The van der Waals surface area contributed by atoms with Crippen LogP contribution in [0.2, 0.25) is 0 Å². The van der Waals surface area contributed by atoms with Crippen LogP contribution in [0.1, 0.15) is 10.4 Å². The third-order valence-electron chi connectivity index (χ3n) is 1.81. The summed E-state index contributed by atoms with van der Waals surface area (Å²) in [6, 6.07) is 7.42. The van der Waals surface area contributed by atoms with E-state index in [1.807, 2.05) is 37.2 Å². The Kier molecular flexibility index (Phi) is 5.58. The van der Waals surface area contributed by atoms with Gasteiger partial charge in [-0.15, -0.1) is 24.0 Å². The molecule has 0 fully saturated rings. The Morgan fingerprint density at radius 2 is 2.07 bits per heavy atom. The highest BCUT2D eigenvalue weighted by molar-refractivity contribution is 6.30. The lowest BCUT2D eigenvalue weighted by Gasteiger charge is -2.12. The zero-order chi connectivity index (χ0) is 9.84. The van der Waals surface area contributed by atoms with Gasteiger partial charge in [-0.2, -0.15) is 0 Å². The number of halogens is 2. The Balaban J connectivity index is 0.00000169. The molecule has 0 amide bonds. The van der Waals surface area contributed by atoms with Gasteiger partial charge in [0.1, 0.15) is 0 Å². The molecule has 0 aliphatic heterocycles. The van der Waals surface area contributed by atoms with E-state index in [4.69, 9.17) is 11.6 Å². The van der Waals surface area contributed by atoms with Crippen molar-refractivity contribution in [2.75, 3.05) is 24.9 Å². The van der Waals surface area contributed by atoms with Crippen LogP contribution in [0.15, 0.2) is 24.3 Å². The number of ketones is 1. The van der Waals surface area contributed by atoms with E-state index in [1.54, 1.807) is 6.07 Å². The Morgan fingerprint density at radius 3 is 2.57 bits per heavy atom. The highest BCUT2D eigenvalue weighted by Gasteiger charge is 2.04. The molecule has 0 bridgehead atoms. The summed E-state index contributed by atoms with van der Waals surface area (Å²) in [6.07, 6.45) is 0. The summed E-state index contributed by atoms with van der Waals surface area (Å²) < 4.78 is 0. The number of rotatable bonds is 3. The molecule has 0 heterocycles. The number of hydrogen-bond donors (Lipinski definition) is 0. The van der Waals surface area contributed by atoms with E-state index in [2.05, 4.69) is 0 Å². The quantitative estimate of drug-likeness (QED) is 0.591. The van der Waals surface area contributed by atoms with Crippen LogP contribution >= 0.6 is 24.0 Å². The first-order valence-electron chi connectivity index (χ1n) is 4.01. The first-order chi connectivity index (χ1) is 6.15. The van der Waals surface area contributed by atoms with Gasteiger partial charge in [0.15, 0.2) is 5.78 Å². The minimum atomic E-state index is -0.0367. The molecule has 78 valence electrons. The lowest BCUT2D eigenvalue weighted by Crippen LogP contribution is -2.10. The first kappa shape index (κ1) is 13.3. The summed E-state index contributed by atoms with van der Waals surface area (Å²) in [5.41, 5.74) is 1.68. The van der Waals surface area contributed by atoms with Gasteiger partial charge in [-0.25, -0.2) is 0 Å². The van der Waals surface area contributed by atoms with Crippen LogP contribution in [-0.4, -0.2) is 25.8 Å². The molecule has 0 aliphatic carbocycles. The number of alkyl halides is 1. The fourth-order valence-corrected chi connectivity index (χ4v) is 1.19. The van der Waals surface area contributed by atoms with Gasteiger partial charge in [-0.05, 0) is 12.1 Å². The second-order valence-electron chi connectivity index (χ2n) is 3.00. The van der Waals surface area contributed by atoms with Gasteiger partial charge in [0.2, 0.25) is 0 Å². The van der Waals surface area contributed by atoms with Crippen LogP contribution < -0.4 is 4.90 Å². The SMILES string of the molecule is CN(C)c1cccc(C(=O)CCl)c1.Cl. The van der Waals surface area contributed by atoms with E-state index in [1.165, 1.54) is 0 Å². The molecule has 0 N–H and O–H groups in total. The fourth-order valence-electron chi connectivity index (χ4n) is 1.03. The highest BCUT2D eigenvalue weighted by Crippen LogP contribution is 2.13. The normalized spacial score (nSPS) is 9.07. The van der Waals surface area contributed by atoms with Crippen LogP contribution in [0.5, 0.6) is 0 Å². The number of benzene rings is 1. The van der Waals surface area contributed by atoms with Gasteiger partial charge >= 0.3 is 0 Å². The van der Waals surface area contributed by atoms with Gasteiger partial charge in [-0.3, -0.25) is 4.79 Å². The van der Waals surface area contributed by atoms with E-state index in [-0.39, 0.29) is 24.1 Å². The Bertz CT molecular complexity index is 313. The Morgan fingerprint density at radius 1 is 1.43 bits per heavy atom. The van der Waals surface area contributed by atoms with E-state index in [0.717, 1.165) is 5.69 Å². The van der Waals surface area contributed by atoms with E-state index in [9.17, 15) is 4.79 Å². The molecule has 0 radical (unpaired) electrons. The summed E-state index contributed by atoms with van der Waals surface area (Å²) in [5.74, 6) is 0.00188. The second kappa shape index (κ2) is 5.89. The minimum absolute atomic E-state index is 0. The van der Waals surface area contributed by atoms with Crippen LogP contribution in [0.4, 0.5) is 5.69 Å². The van der Waals surface area contributed by atoms with E-state index >= 15 is 0 Å². The predicted molar refractivity (Wildman–Crippen MR) is 63.1 cm³/mol. The van der Waals surface area contributed by atoms with Crippen molar-refractivity contribution in [3.05, 3.63) is 29.8 Å². The molecule has 0 atom stereocenters. The maximum absolute atomic E-state index is 11.2. The summed E-state index contributed by atoms with van der Waals surface area (Å²) in [6.45, 7) is 0. The minimum Gasteiger partial charge on any atom is -0.378 e. The molecule has 0 unspecified atom stereocenters. The molecule has 0 spiro atoms. The lowest BCUT2D eigenvalue weighted by molar-refractivity contribution is 0.102. The largest absolute Gasteiger partial charge is 0.378 e. The molecule has 2 nitrogen and oxygen atoms in total. The standard InChI is InChI=1S/C10H12ClNO.ClH/c1-12(2)9-5-3-4-8(6-9)10(13)7-11;/h3-6H,7H2,1-2H3;1H. The maximum Gasteiger partial charge on any atom is 0.177 e. The molecule has 1 rings (SSSR count). The number of nitrogens with zero attached hydrogens (tertiary/aromatic N) is 1. The molecular formula is C10H13Cl2NO. The van der Waals surface area contributed by atoms with E-state index in [0.29, 0.717) is 5.56 Å². The molecule has 0 saturated heterocycles. The summed E-state index contributed by atoms with van der Waals surface area (Å²) in [4.78, 5) is 13.2. The number of carbonyl (C=O) groups is 1. The van der Waals surface area contributed by atoms with Crippen LogP contribution in [0, 0.1) is 0 Å². The second-order valence-corrected chi connectivity index (χ2v) is 3.27. The van der Waals surface area contributed by atoms with Crippen molar-refractivity contribution in [1.29, 1.82) is 0 Å². The van der Waals surface area contributed by atoms with Gasteiger partial charge in [0.25, 0.3) is 0 Å². The summed E-state index contributed by atoms with van der Waals surface area (Å²) in [5, 5.41) is 0. The summed E-state index contributed by atoms with van der Waals surface area (Å²) >= 11 is 5.46. The van der Waals surface area contributed by atoms with Gasteiger partial charge in [-0.1, -0.05) is 12.1 Å². The molecule has 0 aromatic heterocycles. The summed E-state index contributed by atoms with van der Waals surface area (Å²) in [7, 11) is 3.87. The molecule has 0 saturated carbocycles. The molecular weight excluding hydrogens is 221 g/mol. The topological polar surface area (TPSA) is 20.3 Å². The smallest absolute Gasteiger partial charge is 0.177 e. The van der Waals surface area contributed by atoms with Crippen molar-refractivity contribution in [2.45, 2.75) is 0 Å². The lowest BCUT2D eigenvalue weighted by atomic mass is 10.1. The fraction of sp³-hybridized carbons (Fsp3) is 0.300. The average molecular weight is 234 g/mol. The molecule has 1 aromatic rings. The Hall–Kier alpha value is -0.730. The van der Waals surface area contributed by atoms with Crippen LogP contribution in [0.3, 0.4) is 0 Å². The molecule has 0 aliphatic rings. The highest BCUT2D eigenvalue weighted by atomic mass is 35.5. The number of Topliss-reactive ketones (excluding diaryl/α,β-unsaturated/α-hetero) is 1. The molecule has 1 aromatic carbocycles. The van der Waals surface area contributed by atoms with Gasteiger partial charge < -0.3 is 4.90 Å². The third kappa shape index (κ3) is 3.20. The van der Waals surface area contributed by atoms with Crippen molar-refractivity contribution in [3.63, 3.8) is 0 Å². The number of anilines is 1.